The van der Waals surface area contributed by atoms with Gasteiger partial charge in [-0.15, -0.1) is 0 Å². The average Bonchev–Trinajstić information content (AvgIpc) is 2.67. The Kier molecular flexibility index (Phi) is 41.8. The van der Waals surface area contributed by atoms with E-state index in [1.807, 2.05) is 0 Å². The fraction of sp³-hybridized carbons (Fsp3) is 0. The van der Waals surface area contributed by atoms with Gasteiger partial charge in [0, 0.05) is 23.1 Å². The van der Waals surface area contributed by atoms with Crippen LogP contribution in [-0.2, 0) is 9.78 Å². The first kappa shape index (κ1) is 53.1. The number of carbonyl (C=O) groups excluding carboxylic acids is 2. The minimum atomic E-state index is -1.28. The molecule has 0 aromatic heterocycles. The maximum atomic E-state index is 10.7. The van der Waals surface area contributed by atoms with Crippen LogP contribution in [0.5, 0.6) is 0 Å². The first-order valence-corrected chi connectivity index (χ1v) is 6.66. The molecular formula is C16H22Mg2O16. The molecule has 2 aromatic rings. The molecular weight excluding hydrogens is 497 g/mol. The Balaban J connectivity index is -0.0000000537. The number of hydrogen-bond donors (Lipinski definition) is 2. The second-order valence-electron chi connectivity index (χ2n) is 4.44. The average molecular weight is 519 g/mol. The molecule has 34 heavy (non-hydrogen) atoms. The van der Waals surface area contributed by atoms with Crippen LogP contribution in [0, 0.1) is 0 Å². The molecule has 0 amide bonds. The van der Waals surface area contributed by atoms with Crippen molar-refractivity contribution in [2.24, 2.45) is 0 Å². The van der Waals surface area contributed by atoms with Gasteiger partial charge in [0.05, 0.1) is 22.3 Å². The van der Waals surface area contributed by atoms with Gasteiger partial charge in [0.15, 0.2) is 0 Å². The zero-order chi connectivity index (χ0) is 19.7. The molecule has 0 aliphatic carbocycles. The summed E-state index contributed by atoms with van der Waals surface area (Å²) in [6, 6.07) is 10.6. The number of carbonyl (C=O) groups is 4. The van der Waals surface area contributed by atoms with E-state index in [9.17, 15) is 29.7 Å². The molecule has 0 saturated carbocycles. The van der Waals surface area contributed by atoms with Gasteiger partial charge in [-0.25, -0.2) is 19.2 Å². The van der Waals surface area contributed by atoms with E-state index < -0.39 is 23.9 Å². The molecule has 2 aromatic carbocycles. The summed E-state index contributed by atoms with van der Waals surface area (Å²) in [7, 11) is 0. The molecule has 2 rings (SSSR count). The van der Waals surface area contributed by atoms with E-state index in [1.165, 1.54) is 48.5 Å². The van der Waals surface area contributed by atoms with Gasteiger partial charge in [0.2, 0.25) is 0 Å². The van der Waals surface area contributed by atoms with Crippen LogP contribution in [0.4, 0.5) is 0 Å². The fourth-order valence-corrected chi connectivity index (χ4v) is 1.78. The Hall–Kier alpha value is -2.47. The Bertz CT molecular complexity index is 776. The van der Waals surface area contributed by atoms with Gasteiger partial charge >= 0.3 is 46.9 Å². The first-order valence-electron chi connectivity index (χ1n) is 6.66. The van der Waals surface area contributed by atoms with Crippen LogP contribution < -0.4 is 10.5 Å². The fourth-order valence-electron chi connectivity index (χ4n) is 1.78. The molecule has 0 atom stereocenters. The van der Waals surface area contributed by atoms with Crippen molar-refractivity contribution in [3.8, 4) is 0 Å². The second kappa shape index (κ2) is 26.8. The SMILES string of the molecule is O.O.O.O.O.O.O=C(O)c1ccccc1C(=O)O[O-].O=C(O)c1ccccc1C(=O)O[O-].[Mg+2].[Mg]. The molecule has 2 radical (unpaired) electrons. The van der Waals surface area contributed by atoms with E-state index in [4.69, 9.17) is 10.2 Å². The number of carboxylic acids is 2. The van der Waals surface area contributed by atoms with Crippen LogP contribution in [0.3, 0.4) is 0 Å². The zero-order valence-electron chi connectivity index (χ0n) is 17.2. The van der Waals surface area contributed by atoms with Crippen LogP contribution in [0.15, 0.2) is 48.5 Å². The minimum Gasteiger partial charge on any atom is -0.661 e. The van der Waals surface area contributed by atoms with Crippen molar-refractivity contribution < 1.29 is 82.5 Å². The van der Waals surface area contributed by atoms with E-state index in [0.717, 1.165) is 0 Å². The summed E-state index contributed by atoms with van der Waals surface area (Å²) in [5.41, 5.74) is -0.985. The quantitative estimate of drug-likeness (QED) is 0.219. The molecule has 0 saturated heterocycles. The van der Waals surface area contributed by atoms with Crippen LogP contribution >= 0.6 is 0 Å². The minimum absolute atomic E-state index is 0. The molecule has 16 nitrogen and oxygen atoms in total. The number of hydrogen-bond acceptors (Lipinski definition) is 8. The number of aromatic carboxylic acids is 2. The van der Waals surface area contributed by atoms with Crippen LogP contribution in [0.2, 0.25) is 0 Å². The summed E-state index contributed by atoms with van der Waals surface area (Å²) >= 11 is 0. The predicted octanol–water partition coefficient (Wildman–Crippen LogP) is -6.08. The number of carboxylic acid groups (broad SMARTS) is 2. The summed E-state index contributed by atoms with van der Waals surface area (Å²) in [5.74, 6) is -4.95. The molecule has 0 aliphatic heterocycles. The van der Waals surface area contributed by atoms with Crippen molar-refractivity contribution in [1.29, 1.82) is 0 Å². The van der Waals surface area contributed by atoms with Gasteiger partial charge in [0.25, 0.3) is 0 Å². The Morgan fingerprint density at radius 2 is 0.765 bits per heavy atom. The number of rotatable bonds is 4. The maximum Gasteiger partial charge on any atom is 2.00 e. The van der Waals surface area contributed by atoms with Crippen molar-refractivity contribution in [2.75, 3.05) is 0 Å². The largest absolute Gasteiger partial charge is 2.00 e. The van der Waals surface area contributed by atoms with Crippen molar-refractivity contribution in [3.63, 3.8) is 0 Å². The van der Waals surface area contributed by atoms with E-state index in [1.54, 1.807) is 0 Å². The Morgan fingerprint density at radius 3 is 0.941 bits per heavy atom. The van der Waals surface area contributed by atoms with Crippen molar-refractivity contribution in [2.45, 2.75) is 0 Å². The third-order valence-corrected chi connectivity index (χ3v) is 2.91. The third-order valence-electron chi connectivity index (χ3n) is 2.91. The van der Waals surface area contributed by atoms with Gasteiger partial charge in [0.1, 0.15) is 0 Å². The van der Waals surface area contributed by atoms with E-state index in [0.29, 0.717) is 0 Å². The summed E-state index contributed by atoms with van der Waals surface area (Å²) < 4.78 is 0. The Labute approximate surface area is 222 Å². The van der Waals surface area contributed by atoms with Crippen LogP contribution in [-0.4, -0.2) is 113 Å². The predicted molar refractivity (Wildman–Crippen MR) is 111 cm³/mol. The molecule has 0 bridgehead atoms. The molecule has 0 spiro atoms. The van der Waals surface area contributed by atoms with Gasteiger partial charge in [-0.05, 0) is 24.3 Å². The molecule has 0 aliphatic rings. The number of benzene rings is 2. The summed E-state index contributed by atoms with van der Waals surface area (Å²) in [4.78, 5) is 48.9. The van der Waals surface area contributed by atoms with Crippen molar-refractivity contribution in [1.82, 2.24) is 0 Å². The topological polar surface area (TPSA) is 362 Å². The smallest absolute Gasteiger partial charge is 0.661 e. The summed E-state index contributed by atoms with van der Waals surface area (Å²) in [6.07, 6.45) is 0. The molecule has 14 N–H and O–H groups in total. The van der Waals surface area contributed by atoms with Gasteiger partial charge in [-0.2, -0.15) is 0 Å². The first-order chi connectivity index (χ1) is 12.3. The Morgan fingerprint density at radius 1 is 0.559 bits per heavy atom. The normalized spacial score (nSPS) is 7.12. The van der Waals surface area contributed by atoms with Gasteiger partial charge < -0.3 is 63.4 Å². The van der Waals surface area contributed by atoms with Crippen molar-refractivity contribution >= 4 is 70.0 Å². The molecule has 0 unspecified atom stereocenters. The summed E-state index contributed by atoms with van der Waals surface area (Å²) in [5, 5.41) is 36.7. The molecule has 18 heteroatoms. The van der Waals surface area contributed by atoms with E-state index in [2.05, 4.69) is 9.78 Å². The van der Waals surface area contributed by atoms with Crippen molar-refractivity contribution in [3.05, 3.63) is 70.8 Å². The van der Waals surface area contributed by atoms with Crippen LogP contribution in [0.1, 0.15) is 41.4 Å². The third kappa shape index (κ3) is 15.4. The van der Waals surface area contributed by atoms with Crippen LogP contribution in [0.25, 0.3) is 0 Å². The van der Waals surface area contributed by atoms with E-state index >= 15 is 0 Å². The molecule has 0 heterocycles. The second-order valence-corrected chi connectivity index (χ2v) is 4.44. The molecule has 186 valence electrons. The standard InChI is InChI=1S/2C8H6O5.2Mg.6H2O/c2*9-7(10)5-3-1-2-4-6(5)8(11)13-12;;;;;;;;/h2*1-4,12H,(H,9,10);;;6*1H2/q;;;+2;;;;;;/p-2. The maximum absolute atomic E-state index is 10.7. The molecule has 0 fully saturated rings. The van der Waals surface area contributed by atoms with Gasteiger partial charge in [-0.1, -0.05) is 24.3 Å². The zero-order valence-corrected chi connectivity index (χ0v) is 20.0. The summed E-state index contributed by atoms with van der Waals surface area (Å²) in [6.45, 7) is 0. The monoisotopic (exact) mass is 518 g/mol. The van der Waals surface area contributed by atoms with Gasteiger partial charge in [-0.3, -0.25) is 0 Å². The van der Waals surface area contributed by atoms with E-state index in [-0.39, 0.29) is 101 Å².